The number of anilines is 1. The van der Waals surface area contributed by atoms with Crippen LogP contribution in [-0.2, 0) is 16.6 Å². The molecular weight excluding hydrogens is 368 g/mol. The number of aromatic nitrogens is 2. The molecule has 0 saturated heterocycles. The molecule has 0 fully saturated rings. The zero-order valence-corrected chi connectivity index (χ0v) is 15.6. The zero-order valence-electron chi connectivity index (χ0n) is 14.8. The standard InChI is InChI=1S/C18H18N4O4S/c1-13-18(14(2)21(19-13)12-15-7-4-3-5-8-15)20-27(25,26)17-10-6-9-16(11-17)22(23)24/h3-11,20H,12H2,1-2H3. The van der Waals surface area contributed by atoms with E-state index >= 15 is 0 Å². The first-order valence-corrected chi connectivity index (χ1v) is 9.61. The minimum absolute atomic E-state index is 0.175. The Hall–Kier alpha value is -3.20. The number of nitrogens with one attached hydrogen (secondary N) is 1. The third-order valence-electron chi connectivity index (χ3n) is 4.13. The van der Waals surface area contributed by atoms with E-state index in [0.29, 0.717) is 23.6 Å². The molecule has 3 rings (SSSR count). The smallest absolute Gasteiger partial charge is 0.270 e. The molecule has 2 aromatic carbocycles. The SMILES string of the molecule is Cc1nn(Cc2ccccc2)c(C)c1NS(=O)(=O)c1cccc([N+](=O)[O-])c1. The Bertz CT molecular complexity index is 1090. The number of rotatable bonds is 6. The summed E-state index contributed by atoms with van der Waals surface area (Å²) in [4.78, 5) is 10.1. The first-order chi connectivity index (χ1) is 12.8. The number of aryl methyl sites for hydroxylation is 1. The maximum absolute atomic E-state index is 12.7. The van der Waals surface area contributed by atoms with Gasteiger partial charge in [-0.1, -0.05) is 36.4 Å². The molecule has 0 aliphatic heterocycles. The molecule has 0 radical (unpaired) electrons. The van der Waals surface area contributed by atoms with Crippen molar-refractivity contribution in [2.24, 2.45) is 0 Å². The summed E-state index contributed by atoms with van der Waals surface area (Å²) >= 11 is 0. The molecular formula is C18H18N4O4S. The molecule has 1 heterocycles. The summed E-state index contributed by atoms with van der Waals surface area (Å²) in [7, 11) is -3.98. The van der Waals surface area contributed by atoms with Gasteiger partial charge in [0.05, 0.1) is 33.4 Å². The number of nitro benzene ring substituents is 1. The van der Waals surface area contributed by atoms with Gasteiger partial charge in [0.15, 0.2) is 0 Å². The lowest BCUT2D eigenvalue weighted by molar-refractivity contribution is -0.385. The zero-order chi connectivity index (χ0) is 19.6. The predicted molar refractivity (Wildman–Crippen MR) is 101 cm³/mol. The second-order valence-electron chi connectivity index (χ2n) is 6.05. The number of non-ortho nitro benzene ring substituents is 1. The summed E-state index contributed by atoms with van der Waals surface area (Å²) in [6.45, 7) is 3.99. The van der Waals surface area contributed by atoms with Gasteiger partial charge in [-0.2, -0.15) is 5.10 Å². The van der Waals surface area contributed by atoms with E-state index in [1.54, 1.807) is 18.5 Å². The van der Waals surface area contributed by atoms with Gasteiger partial charge >= 0.3 is 0 Å². The third kappa shape index (κ3) is 3.98. The second-order valence-corrected chi connectivity index (χ2v) is 7.73. The molecule has 0 bridgehead atoms. The molecule has 0 saturated carbocycles. The number of nitrogens with zero attached hydrogens (tertiary/aromatic N) is 3. The number of benzene rings is 2. The fourth-order valence-corrected chi connectivity index (χ4v) is 3.93. The summed E-state index contributed by atoms with van der Waals surface area (Å²) in [5.74, 6) is 0. The van der Waals surface area contributed by atoms with Crippen LogP contribution < -0.4 is 4.72 Å². The fraction of sp³-hybridized carbons (Fsp3) is 0.167. The molecule has 0 aliphatic carbocycles. The van der Waals surface area contributed by atoms with Gasteiger partial charge in [-0.15, -0.1) is 0 Å². The quantitative estimate of drug-likeness (QED) is 0.517. The Morgan fingerprint density at radius 2 is 1.81 bits per heavy atom. The van der Waals surface area contributed by atoms with Crippen LogP contribution in [0.25, 0.3) is 0 Å². The fourth-order valence-electron chi connectivity index (χ4n) is 2.71. The highest BCUT2D eigenvalue weighted by Crippen LogP contribution is 2.25. The van der Waals surface area contributed by atoms with E-state index in [9.17, 15) is 18.5 Å². The van der Waals surface area contributed by atoms with E-state index in [4.69, 9.17) is 0 Å². The Kier molecular flexibility index (Phi) is 4.95. The van der Waals surface area contributed by atoms with Crippen LogP contribution >= 0.6 is 0 Å². The normalized spacial score (nSPS) is 11.3. The van der Waals surface area contributed by atoms with Crippen molar-refractivity contribution < 1.29 is 13.3 Å². The minimum Gasteiger partial charge on any atom is -0.276 e. The first kappa shape index (κ1) is 18.6. The van der Waals surface area contributed by atoms with E-state index in [1.807, 2.05) is 30.3 Å². The van der Waals surface area contributed by atoms with E-state index < -0.39 is 14.9 Å². The third-order valence-corrected chi connectivity index (χ3v) is 5.48. The lowest BCUT2D eigenvalue weighted by atomic mass is 10.2. The summed E-state index contributed by atoms with van der Waals surface area (Å²) < 4.78 is 29.6. The number of hydrogen-bond donors (Lipinski definition) is 1. The van der Waals surface area contributed by atoms with Gasteiger partial charge in [-0.05, 0) is 25.5 Å². The van der Waals surface area contributed by atoms with Crippen molar-refractivity contribution in [2.45, 2.75) is 25.3 Å². The molecule has 27 heavy (non-hydrogen) atoms. The minimum atomic E-state index is -3.98. The van der Waals surface area contributed by atoms with E-state index in [2.05, 4.69) is 9.82 Å². The largest absolute Gasteiger partial charge is 0.276 e. The first-order valence-electron chi connectivity index (χ1n) is 8.13. The van der Waals surface area contributed by atoms with Crippen molar-refractivity contribution in [3.63, 3.8) is 0 Å². The predicted octanol–water partition coefficient (Wildman–Crippen LogP) is 3.26. The molecule has 3 aromatic rings. The molecule has 0 aliphatic rings. The topological polar surface area (TPSA) is 107 Å². The Labute approximate surface area is 156 Å². The van der Waals surface area contributed by atoms with Crippen LogP contribution in [0.5, 0.6) is 0 Å². The van der Waals surface area contributed by atoms with Crippen LogP contribution in [0.2, 0.25) is 0 Å². The molecule has 1 aromatic heterocycles. The lowest BCUT2D eigenvalue weighted by Crippen LogP contribution is -2.14. The van der Waals surface area contributed by atoms with E-state index in [-0.39, 0.29) is 10.6 Å². The second kappa shape index (κ2) is 7.20. The average molecular weight is 386 g/mol. The van der Waals surface area contributed by atoms with Crippen molar-refractivity contribution in [3.05, 3.63) is 81.7 Å². The van der Waals surface area contributed by atoms with Crippen LogP contribution in [0.3, 0.4) is 0 Å². The van der Waals surface area contributed by atoms with Gasteiger partial charge in [0, 0.05) is 12.1 Å². The van der Waals surface area contributed by atoms with Crippen LogP contribution in [0, 0.1) is 24.0 Å². The number of hydrogen-bond acceptors (Lipinski definition) is 5. The molecule has 8 nitrogen and oxygen atoms in total. The number of nitro groups is 1. The Balaban J connectivity index is 1.91. The maximum Gasteiger partial charge on any atom is 0.270 e. The highest BCUT2D eigenvalue weighted by molar-refractivity contribution is 7.92. The monoisotopic (exact) mass is 386 g/mol. The molecule has 140 valence electrons. The van der Waals surface area contributed by atoms with E-state index in [0.717, 1.165) is 11.6 Å². The summed E-state index contributed by atoms with van der Waals surface area (Å²) in [5, 5.41) is 15.3. The molecule has 0 amide bonds. The van der Waals surface area contributed by atoms with Gasteiger partial charge < -0.3 is 0 Å². The Morgan fingerprint density at radius 3 is 2.48 bits per heavy atom. The van der Waals surface area contributed by atoms with Crippen LogP contribution in [0.4, 0.5) is 11.4 Å². The highest BCUT2D eigenvalue weighted by Gasteiger charge is 2.22. The summed E-state index contributed by atoms with van der Waals surface area (Å²) in [6.07, 6.45) is 0. The molecule has 1 N–H and O–H groups in total. The van der Waals surface area contributed by atoms with Gasteiger partial charge in [0.25, 0.3) is 15.7 Å². The Morgan fingerprint density at radius 1 is 1.11 bits per heavy atom. The average Bonchev–Trinajstić information content (AvgIpc) is 2.90. The summed E-state index contributed by atoms with van der Waals surface area (Å²) in [6, 6.07) is 14.6. The van der Waals surface area contributed by atoms with Crippen molar-refractivity contribution in [3.8, 4) is 0 Å². The molecule has 0 unspecified atom stereocenters. The highest BCUT2D eigenvalue weighted by atomic mass is 32.2. The van der Waals surface area contributed by atoms with Crippen molar-refractivity contribution >= 4 is 21.4 Å². The lowest BCUT2D eigenvalue weighted by Gasteiger charge is -2.09. The molecule has 0 spiro atoms. The van der Waals surface area contributed by atoms with Gasteiger partial charge in [0.2, 0.25) is 0 Å². The molecule has 0 atom stereocenters. The van der Waals surface area contributed by atoms with Crippen molar-refractivity contribution in [2.75, 3.05) is 4.72 Å². The summed E-state index contributed by atoms with van der Waals surface area (Å²) in [5.41, 5.74) is 2.31. The van der Waals surface area contributed by atoms with Crippen molar-refractivity contribution in [1.29, 1.82) is 0 Å². The van der Waals surface area contributed by atoms with Crippen LogP contribution in [-0.4, -0.2) is 23.1 Å². The van der Waals surface area contributed by atoms with Gasteiger partial charge in [-0.3, -0.25) is 19.5 Å². The van der Waals surface area contributed by atoms with Crippen LogP contribution in [0.15, 0.2) is 59.5 Å². The van der Waals surface area contributed by atoms with Crippen molar-refractivity contribution in [1.82, 2.24) is 9.78 Å². The van der Waals surface area contributed by atoms with Gasteiger partial charge in [0.1, 0.15) is 0 Å². The van der Waals surface area contributed by atoms with Gasteiger partial charge in [-0.25, -0.2) is 8.42 Å². The molecule has 9 heteroatoms. The number of sulfonamides is 1. The maximum atomic E-state index is 12.7. The van der Waals surface area contributed by atoms with Crippen LogP contribution in [0.1, 0.15) is 17.0 Å². The van der Waals surface area contributed by atoms with E-state index in [1.165, 1.54) is 18.2 Å².